The van der Waals surface area contributed by atoms with E-state index in [1.807, 2.05) is 26.8 Å². The molecule has 1 aromatic rings. The van der Waals surface area contributed by atoms with Crippen LogP contribution in [0.3, 0.4) is 0 Å². The molecule has 1 saturated heterocycles. The molecule has 1 aliphatic heterocycles. The second-order valence-electron chi connectivity index (χ2n) is 7.29. The van der Waals surface area contributed by atoms with Crippen LogP contribution in [0.15, 0.2) is 30.3 Å². The first-order chi connectivity index (χ1) is 12.2. The third-order valence-electron chi connectivity index (χ3n) is 4.05. The van der Waals surface area contributed by atoms with Crippen LogP contribution in [0.4, 0.5) is 10.5 Å². The van der Waals surface area contributed by atoms with Crippen molar-refractivity contribution in [2.24, 2.45) is 0 Å². The first-order valence-electron chi connectivity index (χ1n) is 8.64. The van der Waals surface area contributed by atoms with Gasteiger partial charge in [0.15, 0.2) is 0 Å². The van der Waals surface area contributed by atoms with Crippen molar-refractivity contribution in [3.8, 4) is 0 Å². The number of hydrogen-bond donors (Lipinski definition) is 0. The van der Waals surface area contributed by atoms with E-state index in [9.17, 15) is 19.7 Å². The number of benzene rings is 1. The van der Waals surface area contributed by atoms with Crippen molar-refractivity contribution >= 4 is 17.7 Å². The van der Waals surface area contributed by atoms with Gasteiger partial charge in [0.05, 0.1) is 0 Å². The minimum Gasteiger partial charge on any atom is -0.444 e. The maximum Gasteiger partial charge on any atom is 0.410 e. The number of rotatable bonds is 4. The van der Waals surface area contributed by atoms with E-state index in [0.29, 0.717) is 31.6 Å². The van der Waals surface area contributed by atoms with Gasteiger partial charge in [-0.05, 0) is 45.7 Å². The third-order valence-corrected chi connectivity index (χ3v) is 4.05. The highest BCUT2D eigenvalue weighted by Crippen LogP contribution is 2.25. The van der Waals surface area contributed by atoms with Crippen LogP contribution in [0.2, 0.25) is 0 Å². The fourth-order valence-corrected chi connectivity index (χ4v) is 2.97. The second kappa shape index (κ2) is 8.16. The first kappa shape index (κ1) is 19.7. The summed E-state index contributed by atoms with van der Waals surface area (Å²) < 4.78 is 5.37. The van der Waals surface area contributed by atoms with E-state index >= 15 is 0 Å². The molecule has 8 nitrogen and oxygen atoms in total. The SMILES string of the molecule is CC(C)(C)OC(=O)N1CCC(N(C(=O)C[N+](=O)[O-])c2ccccc2)CC1. The van der Waals surface area contributed by atoms with Crippen LogP contribution in [0.1, 0.15) is 33.6 Å². The van der Waals surface area contributed by atoms with Crippen molar-refractivity contribution in [3.05, 3.63) is 40.4 Å². The number of nitrogens with zero attached hydrogens (tertiary/aromatic N) is 3. The summed E-state index contributed by atoms with van der Waals surface area (Å²) in [5.41, 5.74) is 0.0705. The summed E-state index contributed by atoms with van der Waals surface area (Å²) in [6, 6.07) is 8.74. The van der Waals surface area contributed by atoms with E-state index in [-0.39, 0.29) is 12.1 Å². The van der Waals surface area contributed by atoms with E-state index in [1.165, 1.54) is 4.90 Å². The normalized spacial score (nSPS) is 15.4. The van der Waals surface area contributed by atoms with Crippen molar-refractivity contribution in [1.29, 1.82) is 0 Å². The summed E-state index contributed by atoms with van der Waals surface area (Å²) in [5, 5.41) is 10.8. The number of amides is 2. The molecule has 0 atom stereocenters. The molecule has 0 aliphatic carbocycles. The number of piperidine rings is 1. The summed E-state index contributed by atoms with van der Waals surface area (Å²) >= 11 is 0. The lowest BCUT2D eigenvalue weighted by Gasteiger charge is -2.38. The molecule has 0 radical (unpaired) electrons. The molecule has 1 aromatic carbocycles. The Morgan fingerprint density at radius 2 is 1.81 bits per heavy atom. The van der Waals surface area contributed by atoms with Gasteiger partial charge in [0.25, 0.3) is 12.5 Å². The number of para-hydroxylation sites is 1. The zero-order valence-electron chi connectivity index (χ0n) is 15.4. The Kier molecular flexibility index (Phi) is 6.18. The number of hydrogen-bond acceptors (Lipinski definition) is 5. The van der Waals surface area contributed by atoms with Crippen molar-refractivity contribution in [2.75, 3.05) is 24.5 Å². The lowest BCUT2D eigenvalue weighted by Crippen LogP contribution is -2.51. The standard InChI is InChI=1S/C18H25N3O5/c1-18(2,3)26-17(23)19-11-9-15(10-12-19)21(16(22)13-20(24)25)14-7-5-4-6-8-14/h4-8,15H,9-13H2,1-3H3. The number of likely N-dealkylation sites (tertiary alicyclic amines) is 1. The van der Waals surface area contributed by atoms with Gasteiger partial charge in [-0.25, -0.2) is 4.79 Å². The highest BCUT2D eigenvalue weighted by molar-refractivity contribution is 5.94. The van der Waals surface area contributed by atoms with Gasteiger partial charge >= 0.3 is 6.09 Å². The van der Waals surface area contributed by atoms with Gasteiger partial charge in [0.2, 0.25) is 0 Å². The first-order valence-corrected chi connectivity index (χ1v) is 8.64. The lowest BCUT2D eigenvalue weighted by molar-refractivity contribution is -0.467. The van der Waals surface area contributed by atoms with E-state index < -0.39 is 23.0 Å². The molecule has 0 spiro atoms. The molecule has 0 saturated carbocycles. The molecule has 142 valence electrons. The van der Waals surface area contributed by atoms with Crippen LogP contribution in [-0.2, 0) is 9.53 Å². The molecular weight excluding hydrogens is 338 g/mol. The molecule has 0 bridgehead atoms. The Balaban J connectivity index is 2.08. The molecule has 0 N–H and O–H groups in total. The largest absolute Gasteiger partial charge is 0.444 e. The Bertz CT molecular complexity index is 649. The minimum absolute atomic E-state index is 0.191. The highest BCUT2D eigenvalue weighted by Gasteiger charge is 2.33. The number of carbonyl (C=O) groups excluding carboxylic acids is 2. The van der Waals surface area contributed by atoms with Gasteiger partial charge < -0.3 is 14.5 Å². The van der Waals surface area contributed by atoms with Gasteiger partial charge in [0, 0.05) is 29.7 Å². The lowest BCUT2D eigenvalue weighted by atomic mass is 10.0. The zero-order chi connectivity index (χ0) is 19.3. The topological polar surface area (TPSA) is 93.0 Å². The summed E-state index contributed by atoms with van der Waals surface area (Å²) in [5.74, 6) is -0.545. The predicted molar refractivity (Wildman–Crippen MR) is 96.6 cm³/mol. The molecule has 2 rings (SSSR count). The molecule has 1 aliphatic rings. The van der Waals surface area contributed by atoms with Crippen LogP contribution in [0, 0.1) is 10.1 Å². The molecule has 2 amide bonds. The average molecular weight is 363 g/mol. The molecule has 0 unspecified atom stereocenters. The smallest absolute Gasteiger partial charge is 0.410 e. The fraction of sp³-hybridized carbons (Fsp3) is 0.556. The number of nitro groups is 1. The monoisotopic (exact) mass is 363 g/mol. The summed E-state index contributed by atoms with van der Waals surface area (Å²) in [6.07, 6.45) is 0.702. The minimum atomic E-state index is -0.749. The predicted octanol–water partition coefficient (Wildman–Crippen LogP) is 2.70. The molecule has 1 heterocycles. The molecule has 0 aromatic heterocycles. The Hall–Kier alpha value is -2.64. The van der Waals surface area contributed by atoms with Gasteiger partial charge in [-0.2, -0.15) is 0 Å². The van der Waals surface area contributed by atoms with Gasteiger partial charge in [0.1, 0.15) is 5.60 Å². The maximum atomic E-state index is 12.4. The van der Waals surface area contributed by atoms with Crippen LogP contribution >= 0.6 is 0 Å². The van der Waals surface area contributed by atoms with E-state index in [4.69, 9.17) is 4.74 Å². The van der Waals surface area contributed by atoms with Crippen molar-refractivity contribution in [3.63, 3.8) is 0 Å². The van der Waals surface area contributed by atoms with Crippen molar-refractivity contribution in [2.45, 2.75) is 45.3 Å². The number of carbonyl (C=O) groups is 2. The van der Waals surface area contributed by atoms with Crippen molar-refractivity contribution < 1.29 is 19.2 Å². The van der Waals surface area contributed by atoms with Crippen molar-refractivity contribution in [1.82, 2.24) is 4.90 Å². The van der Waals surface area contributed by atoms with Crippen LogP contribution < -0.4 is 4.90 Å². The fourth-order valence-electron chi connectivity index (χ4n) is 2.97. The average Bonchev–Trinajstić information content (AvgIpc) is 2.54. The second-order valence-corrected chi connectivity index (χ2v) is 7.29. The molecular formula is C18H25N3O5. The quantitative estimate of drug-likeness (QED) is 0.606. The maximum absolute atomic E-state index is 12.4. The third kappa shape index (κ3) is 5.44. The van der Waals surface area contributed by atoms with E-state index in [1.54, 1.807) is 29.2 Å². The highest BCUT2D eigenvalue weighted by atomic mass is 16.6. The summed E-state index contributed by atoms with van der Waals surface area (Å²) in [4.78, 5) is 37.9. The summed E-state index contributed by atoms with van der Waals surface area (Å²) in [7, 11) is 0. The Morgan fingerprint density at radius 1 is 1.23 bits per heavy atom. The Morgan fingerprint density at radius 3 is 2.31 bits per heavy atom. The number of anilines is 1. The van der Waals surface area contributed by atoms with Gasteiger partial charge in [-0.15, -0.1) is 0 Å². The molecule has 8 heteroatoms. The zero-order valence-corrected chi connectivity index (χ0v) is 15.4. The molecule has 1 fully saturated rings. The number of ether oxygens (including phenoxy) is 1. The van der Waals surface area contributed by atoms with Gasteiger partial charge in [-0.1, -0.05) is 18.2 Å². The van der Waals surface area contributed by atoms with Crippen LogP contribution in [0.25, 0.3) is 0 Å². The summed E-state index contributed by atoms with van der Waals surface area (Å²) in [6.45, 7) is 5.56. The van der Waals surface area contributed by atoms with Gasteiger partial charge in [-0.3, -0.25) is 14.9 Å². The molecule has 26 heavy (non-hydrogen) atoms. The Labute approximate surface area is 152 Å². The van der Waals surface area contributed by atoms with Crippen LogP contribution in [0.5, 0.6) is 0 Å². The van der Waals surface area contributed by atoms with E-state index in [0.717, 1.165) is 0 Å². The van der Waals surface area contributed by atoms with Crippen LogP contribution in [-0.4, -0.2) is 53.1 Å². The van der Waals surface area contributed by atoms with E-state index in [2.05, 4.69) is 0 Å².